The number of fused-ring (bicyclic) bond motifs is 1. The molecule has 0 aliphatic rings. The highest BCUT2D eigenvalue weighted by atomic mass is 32.2. The minimum atomic E-state index is -3.43. The van der Waals surface area contributed by atoms with Crippen molar-refractivity contribution in [3.8, 4) is 0 Å². The molecule has 1 aromatic carbocycles. The molecule has 2 heterocycles. The highest BCUT2D eigenvalue weighted by Crippen LogP contribution is 2.23. The van der Waals surface area contributed by atoms with Crippen LogP contribution in [0.5, 0.6) is 0 Å². The van der Waals surface area contributed by atoms with E-state index in [9.17, 15) is 13.2 Å². The van der Waals surface area contributed by atoms with E-state index in [0.717, 1.165) is 28.5 Å². The Morgan fingerprint density at radius 2 is 1.91 bits per heavy atom. The Morgan fingerprint density at radius 3 is 2.68 bits per heavy atom. The third-order valence-corrected chi connectivity index (χ3v) is 5.26. The van der Waals surface area contributed by atoms with Gasteiger partial charge in [-0.25, -0.2) is 13.4 Å². The van der Waals surface area contributed by atoms with Crippen LogP contribution in [0.25, 0.3) is 10.9 Å². The molecule has 0 saturated carbocycles. The summed E-state index contributed by atoms with van der Waals surface area (Å²) in [4.78, 5) is 16.8. The zero-order chi connectivity index (χ0) is 15.7. The number of anilines is 1. The lowest BCUT2D eigenvalue weighted by Gasteiger charge is -2.06. The van der Waals surface area contributed by atoms with E-state index in [4.69, 9.17) is 0 Å². The standard InChI is InChI=1S/C15H12N2O3S2/c1-22(19,20)12-8-9-21-14(12)15(18)17-13-7-6-10-4-2-3-5-11(10)16-13/h2-9H,1H3,(H,16,17,18). The summed E-state index contributed by atoms with van der Waals surface area (Å²) in [7, 11) is -3.43. The minimum Gasteiger partial charge on any atom is -0.306 e. The van der Waals surface area contributed by atoms with Gasteiger partial charge in [-0.2, -0.15) is 0 Å². The molecule has 0 radical (unpaired) electrons. The molecule has 1 N–H and O–H groups in total. The zero-order valence-corrected chi connectivity index (χ0v) is 13.2. The van der Waals surface area contributed by atoms with Gasteiger partial charge in [-0.05, 0) is 29.6 Å². The highest BCUT2D eigenvalue weighted by molar-refractivity contribution is 7.91. The Kier molecular flexibility index (Phi) is 3.67. The molecule has 2 aromatic heterocycles. The molecule has 3 aromatic rings. The number of pyridine rings is 1. The van der Waals surface area contributed by atoms with Gasteiger partial charge < -0.3 is 5.32 Å². The number of nitrogens with one attached hydrogen (secondary N) is 1. The first-order valence-corrected chi connectivity index (χ1v) is 9.17. The Hall–Kier alpha value is -2.25. The average molecular weight is 332 g/mol. The summed E-state index contributed by atoms with van der Waals surface area (Å²) in [6, 6.07) is 12.5. The third-order valence-electron chi connectivity index (χ3n) is 3.07. The van der Waals surface area contributed by atoms with E-state index < -0.39 is 15.7 Å². The van der Waals surface area contributed by atoms with E-state index in [-0.39, 0.29) is 9.77 Å². The topological polar surface area (TPSA) is 76.1 Å². The molecule has 0 atom stereocenters. The molecule has 22 heavy (non-hydrogen) atoms. The van der Waals surface area contributed by atoms with Gasteiger partial charge in [0, 0.05) is 11.6 Å². The number of hydrogen-bond donors (Lipinski definition) is 1. The maximum Gasteiger partial charge on any atom is 0.268 e. The van der Waals surface area contributed by atoms with Crippen LogP contribution in [0.15, 0.2) is 52.7 Å². The van der Waals surface area contributed by atoms with Crippen LogP contribution >= 0.6 is 11.3 Å². The second-order valence-corrected chi connectivity index (χ2v) is 7.63. The molecular weight excluding hydrogens is 320 g/mol. The van der Waals surface area contributed by atoms with Gasteiger partial charge in [0.25, 0.3) is 5.91 Å². The van der Waals surface area contributed by atoms with Crippen molar-refractivity contribution in [1.82, 2.24) is 4.98 Å². The van der Waals surface area contributed by atoms with Gasteiger partial charge in [0.2, 0.25) is 0 Å². The lowest BCUT2D eigenvalue weighted by Crippen LogP contribution is -2.14. The summed E-state index contributed by atoms with van der Waals surface area (Å²) in [5.74, 6) is -0.0882. The van der Waals surface area contributed by atoms with Crippen molar-refractivity contribution in [2.75, 3.05) is 11.6 Å². The summed E-state index contributed by atoms with van der Waals surface area (Å²) >= 11 is 1.09. The number of sulfone groups is 1. The number of para-hydroxylation sites is 1. The molecule has 0 spiro atoms. The van der Waals surface area contributed by atoms with E-state index in [1.54, 1.807) is 11.4 Å². The van der Waals surface area contributed by atoms with Gasteiger partial charge in [-0.15, -0.1) is 11.3 Å². The summed E-state index contributed by atoms with van der Waals surface area (Å²) in [5.41, 5.74) is 0.759. The number of nitrogens with zero attached hydrogens (tertiary/aromatic N) is 1. The molecular formula is C15H12N2O3S2. The summed E-state index contributed by atoms with van der Waals surface area (Å²) < 4.78 is 23.3. The average Bonchev–Trinajstić information content (AvgIpc) is 2.97. The normalized spacial score (nSPS) is 11.5. The fourth-order valence-corrected chi connectivity index (χ4v) is 4.18. The first-order valence-electron chi connectivity index (χ1n) is 6.40. The molecule has 0 aliphatic carbocycles. The van der Waals surface area contributed by atoms with E-state index in [2.05, 4.69) is 10.3 Å². The number of rotatable bonds is 3. The minimum absolute atomic E-state index is 0.0378. The molecule has 0 saturated heterocycles. The van der Waals surface area contributed by atoms with Gasteiger partial charge in [0.15, 0.2) is 9.84 Å². The van der Waals surface area contributed by atoms with Crippen molar-refractivity contribution >= 4 is 43.8 Å². The van der Waals surface area contributed by atoms with Crippen molar-refractivity contribution in [2.24, 2.45) is 0 Å². The predicted molar refractivity (Wildman–Crippen MR) is 87.1 cm³/mol. The van der Waals surface area contributed by atoms with E-state index in [1.807, 2.05) is 30.3 Å². The molecule has 0 unspecified atom stereocenters. The third kappa shape index (κ3) is 2.86. The van der Waals surface area contributed by atoms with Crippen LogP contribution in [0.4, 0.5) is 5.82 Å². The van der Waals surface area contributed by atoms with Crippen LogP contribution in [0.3, 0.4) is 0 Å². The lowest BCUT2D eigenvalue weighted by atomic mass is 10.2. The summed E-state index contributed by atoms with van der Waals surface area (Å²) in [6.07, 6.45) is 1.08. The molecule has 1 amide bonds. The summed E-state index contributed by atoms with van der Waals surface area (Å²) in [5, 5.41) is 5.19. The van der Waals surface area contributed by atoms with E-state index in [0.29, 0.717) is 5.82 Å². The summed E-state index contributed by atoms with van der Waals surface area (Å²) in [6.45, 7) is 0. The SMILES string of the molecule is CS(=O)(=O)c1ccsc1C(=O)Nc1ccc2ccccc2n1. The molecule has 7 heteroatoms. The second kappa shape index (κ2) is 5.51. The van der Waals surface area contributed by atoms with Crippen LogP contribution in [-0.4, -0.2) is 25.6 Å². The van der Waals surface area contributed by atoms with Gasteiger partial charge in [-0.3, -0.25) is 4.79 Å². The van der Waals surface area contributed by atoms with Crippen LogP contribution in [0.2, 0.25) is 0 Å². The van der Waals surface area contributed by atoms with Crippen LogP contribution in [-0.2, 0) is 9.84 Å². The quantitative estimate of drug-likeness (QED) is 0.800. The first-order chi connectivity index (χ1) is 10.4. The Bertz CT molecular complexity index is 962. The number of hydrogen-bond acceptors (Lipinski definition) is 5. The van der Waals surface area contributed by atoms with Crippen molar-refractivity contribution in [1.29, 1.82) is 0 Å². The van der Waals surface area contributed by atoms with Crippen molar-refractivity contribution < 1.29 is 13.2 Å². The first kappa shape index (κ1) is 14.7. The number of amides is 1. The van der Waals surface area contributed by atoms with Crippen molar-refractivity contribution in [3.63, 3.8) is 0 Å². The van der Waals surface area contributed by atoms with Gasteiger partial charge >= 0.3 is 0 Å². The smallest absolute Gasteiger partial charge is 0.268 e. The molecule has 112 valence electrons. The maximum absolute atomic E-state index is 12.3. The Labute approximate surface area is 131 Å². The molecule has 0 fully saturated rings. The molecule has 5 nitrogen and oxygen atoms in total. The second-order valence-electron chi connectivity index (χ2n) is 4.73. The van der Waals surface area contributed by atoms with Crippen LogP contribution in [0, 0.1) is 0 Å². The van der Waals surface area contributed by atoms with Gasteiger partial charge in [0.1, 0.15) is 10.7 Å². The molecule has 3 rings (SSSR count). The molecule has 0 aliphatic heterocycles. The van der Waals surface area contributed by atoms with E-state index in [1.165, 1.54) is 6.07 Å². The van der Waals surface area contributed by atoms with Crippen molar-refractivity contribution in [3.05, 3.63) is 52.7 Å². The van der Waals surface area contributed by atoms with Crippen LogP contribution in [0.1, 0.15) is 9.67 Å². The number of carbonyl (C=O) groups is 1. The fourth-order valence-electron chi connectivity index (χ4n) is 2.06. The number of benzene rings is 1. The highest BCUT2D eigenvalue weighted by Gasteiger charge is 2.20. The molecule has 0 bridgehead atoms. The largest absolute Gasteiger partial charge is 0.306 e. The van der Waals surface area contributed by atoms with E-state index >= 15 is 0 Å². The predicted octanol–water partition coefficient (Wildman–Crippen LogP) is 2.95. The fraction of sp³-hybridized carbons (Fsp3) is 0.0667. The van der Waals surface area contributed by atoms with Gasteiger partial charge in [0.05, 0.1) is 10.4 Å². The number of thiophene rings is 1. The lowest BCUT2D eigenvalue weighted by molar-refractivity contribution is 0.102. The zero-order valence-electron chi connectivity index (χ0n) is 11.6. The maximum atomic E-state index is 12.3. The Morgan fingerprint density at radius 1 is 1.14 bits per heavy atom. The monoisotopic (exact) mass is 332 g/mol. The van der Waals surface area contributed by atoms with Gasteiger partial charge in [-0.1, -0.05) is 18.2 Å². The van der Waals surface area contributed by atoms with Crippen LogP contribution < -0.4 is 5.32 Å². The Balaban J connectivity index is 1.92. The van der Waals surface area contributed by atoms with Crippen molar-refractivity contribution in [2.45, 2.75) is 4.90 Å². The number of carbonyl (C=O) groups excluding carboxylic acids is 1. The number of aromatic nitrogens is 1.